The maximum Gasteiger partial charge on any atom is 0.326 e. The molecule has 1 aromatic rings. The van der Waals surface area contributed by atoms with E-state index in [9.17, 15) is 22.8 Å². The van der Waals surface area contributed by atoms with E-state index in [1.165, 1.54) is 18.2 Å². The maximum atomic E-state index is 12.4. The van der Waals surface area contributed by atoms with E-state index < -0.39 is 39.8 Å². The first-order valence-electron chi connectivity index (χ1n) is 7.26. The molecule has 7 nitrogen and oxygen atoms in total. The highest BCUT2D eigenvalue weighted by atomic mass is 32.2. The Hall–Kier alpha value is -2.22. The molecule has 0 fully saturated rings. The summed E-state index contributed by atoms with van der Waals surface area (Å²) in [5, 5.41) is 0. The van der Waals surface area contributed by atoms with Crippen LogP contribution in [0.5, 0.6) is 0 Å². The zero-order valence-electron chi connectivity index (χ0n) is 14.0. The fourth-order valence-electron chi connectivity index (χ4n) is 2.38. The van der Waals surface area contributed by atoms with Gasteiger partial charge in [0.15, 0.2) is 9.84 Å². The number of carbonyl (C=O) groups is 3. The molecule has 1 heterocycles. The van der Waals surface area contributed by atoms with Gasteiger partial charge in [-0.05, 0) is 38.5 Å². The molecule has 0 aromatic heterocycles. The number of rotatable bonds is 4. The molecule has 24 heavy (non-hydrogen) atoms. The predicted octanol–water partition coefficient (Wildman–Crippen LogP) is 1.17. The summed E-state index contributed by atoms with van der Waals surface area (Å²) in [4.78, 5) is 37.3. The smallest absolute Gasteiger partial charge is 0.326 e. The zero-order valence-corrected chi connectivity index (χ0v) is 14.8. The van der Waals surface area contributed by atoms with Crippen LogP contribution in [0.15, 0.2) is 18.2 Å². The monoisotopic (exact) mass is 353 g/mol. The highest BCUT2D eigenvalue weighted by Gasteiger charge is 2.37. The molecule has 0 aliphatic carbocycles. The summed E-state index contributed by atoms with van der Waals surface area (Å²) in [6.07, 6.45) is 1.09. The number of hydrogen-bond acceptors (Lipinski definition) is 6. The molecule has 1 aromatic carbocycles. The van der Waals surface area contributed by atoms with Gasteiger partial charge in [0.05, 0.1) is 16.9 Å². The number of ether oxygens (including phenoxy) is 1. The van der Waals surface area contributed by atoms with E-state index in [4.69, 9.17) is 4.74 Å². The van der Waals surface area contributed by atoms with Crippen molar-refractivity contribution in [3.05, 3.63) is 34.9 Å². The fraction of sp³-hybridized carbons (Fsp3) is 0.438. The molecular weight excluding hydrogens is 334 g/mol. The molecular formula is C16H19NO6S. The number of hydrogen-bond donors (Lipinski definition) is 0. The molecule has 0 bridgehead atoms. The average molecular weight is 353 g/mol. The van der Waals surface area contributed by atoms with Gasteiger partial charge in [-0.2, -0.15) is 0 Å². The molecule has 0 radical (unpaired) electrons. The van der Waals surface area contributed by atoms with Gasteiger partial charge in [0.1, 0.15) is 12.1 Å². The van der Waals surface area contributed by atoms with Crippen LogP contribution in [-0.4, -0.2) is 49.5 Å². The number of esters is 1. The molecule has 0 spiro atoms. The predicted molar refractivity (Wildman–Crippen MR) is 86.2 cm³/mol. The Kier molecular flexibility index (Phi) is 4.54. The van der Waals surface area contributed by atoms with Crippen molar-refractivity contribution in [1.82, 2.24) is 4.90 Å². The summed E-state index contributed by atoms with van der Waals surface area (Å²) in [5.74, 6) is -2.13. The van der Waals surface area contributed by atoms with Crippen molar-refractivity contribution >= 4 is 27.6 Å². The van der Waals surface area contributed by atoms with E-state index in [1.807, 2.05) is 0 Å². The number of imide groups is 1. The summed E-state index contributed by atoms with van der Waals surface area (Å²) < 4.78 is 27.9. The van der Waals surface area contributed by atoms with E-state index in [-0.39, 0.29) is 16.9 Å². The Bertz CT molecular complexity index is 819. The van der Waals surface area contributed by atoms with E-state index >= 15 is 0 Å². The van der Waals surface area contributed by atoms with Crippen molar-refractivity contribution in [3.8, 4) is 0 Å². The Morgan fingerprint density at radius 2 is 1.71 bits per heavy atom. The second-order valence-corrected chi connectivity index (χ2v) is 8.87. The fourth-order valence-corrected chi connectivity index (χ4v) is 3.16. The summed E-state index contributed by atoms with van der Waals surface area (Å²) in [5.41, 5.74) is -0.0552. The van der Waals surface area contributed by atoms with Gasteiger partial charge in [0, 0.05) is 6.26 Å². The third-order valence-electron chi connectivity index (χ3n) is 3.17. The number of carbonyl (C=O) groups excluding carboxylic acids is 3. The Balaban J connectivity index is 2.23. The van der Waals surface area contributed by atoms with Crippen molar-refractivity contribution in [3.63, 3.8) is 0 Å². The number of nitrogens with zero attached hydrogens (tertiary/aromatic N) is 1. The minimum Gasteiger partial charge on any atom is -0.459 e. The molecule has 0 N–H and O–H groups in total. The quantitative estimate of drug-likeness (QED) is 0.595. The molecule has 0 atom stereocenters. The summed E-state index contributed by atoms with van der Waals surface area (Å²) in [6.45, 7) is 4.57. The highest BCUT2D eigenvalue weighted by molar-refractivity contribution is 7.89. The van der Waals surface area contributed by atoms with Gasteiger partial charge < -0.3 is 4.74 Å². The summed E-state index contributed by atoms with van der Waals surface area (Å²) in [7, 11) is -3.26. The maximum absolute atomic E-state index is 12.4. The third-order valence-corrected chi connectivity index (χ3v) is 4.03. The largest absolute Gasteiger partial charge is 0.459 e. The first-order chi connectivity index (χ1) is 10.9. The van der Waals surface area contributed by atoms with E-state index in [1.54, 1.807) is 20.8 Å². The van der Waals surface area contributed by atoms with E-state index in [0.29, 0.717) is 5.56 Å². The first-order valence-corrected chi connectivity index (χ1v) is 9.32. The van der Waals surface area contributed by atoms with Crippen LogP contribution in [0.1, 0.15) is 47.1 Å². The lowest BCUT2D eigenvalue weighted by Gasteiger charge is -2.21. The summed E-state index contributed by atoms with van der Waals surface area (Å²) >= 11 is 0. The van der Waals surface area contributed by atoms with Gasteiger partial charge >= 0.3 is 5.97 Å². The normalized spacial score (nSPS) is 14.8. The van der Waals surface area contributed by atoms with Crippen LogP contribution in [0.3, 0.4) is 0 Å². The van der Waals surface area contributed by atoms with E-state index in [2.05, 4.69) is 0 Å². The van der Waals surface area contributed by atoms with Crippen LogP contribution in [0.2, 0.25) is 0 Å². The SMILES string of the molecule is CC(C)(C)OC(=O)CN1C(=O)c2ccc(CS(C)(=O)=O)cc2C1=O. The highest BCUT2D eigenvalue weighted by Crippen LogP contribution is 2.25. The van der Waals surface area contributed by atoms with Crippen LogP contribution in [0.4, 0.5) is 0 Å². The standard InChI is InChI=1S/C16H19NO6S/c1-16(2,3)23-13(18)8-17-14(19)11-6-5-10(9-24(4,21)22)7-12(11)15(17)20/h5-7H,8-9H2,1-4H3. The summed E-state index contributed by atoms with van der Waals surface area (Å²) in [6, 6.07) is 4.28. The van der Waals surface area contributed by atoms with Gasteiger partial charge in [0.25, 0.3) is 11.8 Å². The van der Waals surface area contributed by atoms with Crippen LogP contribution >= 0.6 is 0 Å². The molecule has 2 rings (SSSR count). The third kappa shape index (κ3) is 4.19. The first kappa shape index (κ1) is 18.1. The van der Waals surface area contributed by atoms with Crippen molar-refractivity contribution in [1.29, 1.82) is 0 Å². The molecule has 2 amide bonds. The molecule has 1 aliphatic rings. The number of fused-ring (bicyclic) bond motifs is 1. The lowest BCUT2D eigenvalue weighted by molar-refractivity contribution is -0.155. The Labute approximate surface area is 140 Å². The number of sulfone groups is 1. The van der Waals surface area contributed by atoms with Gasteiger partial charge in [-0.15, -0.1) is 0 Å². The lowest BCUT2D eigenvalue weighted by atomic mass is 10.1. The molecule has 0 unspecified atom stereocenters. The van der Waals surface area contributed by atoms with Gasteiger partial charge in [-0.1, -0.05) is 6.07 Å². The van der Waals surface area contributed by atoms with Gasteiger partial charge in [-0.3, -0.25) is 19.3 Å². The van der Waals surface area contributed by atoms with Gasteiger partial charge in [0.2, 0.25) is 0 Å². The Morgan fingerprint density at radius 1 is 1.12 bits per heavy atom. The van der Waals surface area contributed by atoms with Crippen LogP contribution in [-0.2, 0) is 25.1 Å². The second-order valence-electron chi connectivity index (χ2n) is 6.73. The molecule has 0 saturated carbocycles. The zero-order chi connectivity index (χ0) is 18.3. The van der Waals surface area contributed by atoms with Crippen molar-refractivity contribution in [2.45, 2.75) is 32.1 Å². The van der Waals surface area contributed by atoms with Crippen LogP contribution in [0, 0.1) is 0 Å². The minimum absolute atomic E-state index is 0.102. The van der Waals surface area contributed by atoms with Crippen molar-refractivity contribution in [2.75, 3.05) is 12.8 Å². The lowest BCUT2D eigenvalue weighted by Crippen LogP contribution is -2.38. The molecule has 1 aliphatic heterocycles. The Morgan fingerprint density at radius 3 is 2.25 bits per heavy atom. The molecule has 0 saturated heterocycles. The average Bonchev–Trinajstić information content (AvgIpc) is 2.60. The molecule has 130 valence electrons. The van der Waals surface area contributed by atoms with Crippen LogP contribution < -0.4 is 0 Å². The van der Waals surface area contributed by atoms with Gasteiger partial charge in [-0.25, -0.2) is 8.42 Å². The molecule has 8 heteroatoms. The van der Waals surface area contributed by atoms with Crippen LogP contribution in [0.25, 0.3) is 0 Å². The van der Waals surface area contributed by atoms with Crippen molar-refractivity contribution < 1.29 is 27.5 Å². The van der Waals surface area contributed by atoms with E-state index in [0.717, 1.165) is 11.2 Å². The number of benzene rings is 1. The topological polar surface area (TPSA) is 97.8 Å². The van der Waals surface area contributed by atoms with Crippen molar-refractivity contribution in [2.24, 2.45) is 0 Å². The number of amides is 2. The second kappa shape index (κ2) is 6.01. The minimum atomic E-state index is -3.26.